The van der Waals surface area contributed by atoms with Crippen molar-refractivity contribution < 1.29 is 0 Å². The maximum Gasteiger partial charge on any atom is 0.0271 e. The van der Waals surface area contributed by atoms with Gasteiger partial charge in [-0.25, -0.2) is 0 Å². The van der Waals surface area contributed by atoms with Gasteiger partial charge in [-0.3, -0.25) is 14.7 Å². The molecule has 334 valence electrons. The number of hydrogen-bond acceptors (Lipinski definition) is 9. The second kappa shape index (κ2) is 33.0. The molecule has 0 aromatic heterocycles. The van der Waals surface area contributed by atoms with Crippen LogP contribution in [0.25, 0.3) is 0 Å². The molecule has 6 aliphatic rings. The molecule has 9 heteroatoms. The average molecular weight is 792 g/mol. The smallest absolute Gasteiger partial charge is 0.0271 e. The normalized spacial score (nSPS) is 22.7. The molecule has 4 N–H and O–H groups in total. The minimum atomic E-state index is 0.669. The van der Waals surface area contributed by atoms with E-state index in [2.05, 4.69) is 135 Å². The van der Waals surface area contributed by atoms with Crippen LogP contribution in [0.15, 0.2) is 12.3 Å². The highest BCUT2D eigenvalue weighted by molar-refractivity contribution is 4.94. The number of nitrogens with one attached hydrogen (secondary N) is 4. The summed E-state index contributed by atoms with van der Waals surface area (Å²) in [6.45, 7) is 52.0. The lowest BCUT2D eigenvalue weighted by Crippen LogP contribution is -2.46. The van der Waals surface area contributed by atoms with Gasteiger partial charge >= 0.3 is 0 Å². The van der Waals surface area contributed by atoms with E-state index in [-0.39, 0.29) is 0 Å². The zero-order chi connectivity index (χ0) is 41.7. The first-order chi connectivity index (χ1) is 26.7. The van der Waals surface area contributed by atoms with E-state index in [9.17, 15) is 0 Å². The summed E-state index contributed by atoms with van der Waals surface area (Å²) >= 11 is 0. The Hall–Kier alpha value is -0.780. The third-order valence-electron chi connectivity index (χ3n) is 12.5. The first-order valence-corrected chi connectivity index (χ1v) is 24.0. The molecular formula is C47H101N9. The Bertz CT molecular complexity index is 824. The summed E-state index contributed by atoms with van der Waals surface area (Å²) in [6.07, 6.45) is 12.3. The van der Waals surface area contributed by atoms with Crippen LogP contribution in [0.2, 0.25) is 0 Å². The first kappa shape index (κ1) is 53.2. The Labute approximate surface area is 351 Å². The monoisotopic (exact) mass is 792 g/mol. The van der Waals surface area contributed by atoms with Gasteiger partial charge in [0.2, 0.25) is 0 Å². The van der Waals surface area contributed by atoms with Crippen molar-refractivity contribution in [1.82, 2.24) is 45.8 Å². The Morgan fingerprint density at radius 2 is 0.732 bits per heavy atom. The Balaban J connectivity index is 0.000000337. The lowest BCUT2D eigenvalue weighted by Gasteiger charge is -2.30. The minimum Gasteiger partial charge on any atom is -0.387 e. The largest absolute Gasteiger partial charge is 0.387 e. The number of piperidine rings is 2. The maximum absolute atomic E-state index is 3.93. The van der Waals surface area contributed by atoms with E-state index in [0.29, 0.717) is 6.04 Å². The van der Waals surface area contributed by atoms with Gasteiger partial charge in [0.1, 0.15) is 0 Å². The number of likely N-dealkylation sites (tertiary alicyclic amines) is 2. The molecule has 6 saturated heterocycles. The SMILES string of the molecule is C=C1CCN(C(C)C)CCN1.CC(C)C1CCNCC1.CC(C)N1CCCC1.CC(C)N1CCCCC1.CC(C)N1CCCNCC1.CC(C)N1CCNCC1. The second-order valence-electron chi connectivity index (χ2n) is 18.9. The van der Waals surface area contributed by atoms with Crippen molar-refractivity contribution in [3.05, 3.63) is 12.3 Å². The van der Waals surface area contributed by atoms with E-state index in [1.807, 2.05) is 0 Å². The summed E-state index contributed by atoms with van der Waals surface area (Å²) in [6, 6.07) is 3.66. The van der Waals surface area contributed by atoms with E-state index in [0.717, 1.165) is 81.7 Å². The Morgan fingerprint density at radius 1 is 0.393 bits per heavy atom. The fourth-order valence-electron chi connectivity index (χ4n) is 8.16. The van der Waals surface area contributed by atoms with E-state index in [1.54, 1.807) is 0 Å². The van der Waals surface area contributed by atoms with Gasteiger partial charge < -0.3 is 31.1 Å². The Morgan fingerprint density at radius 3 is 1.14 bits per heavy atom. The molecule has 0 amide bonds. The highest BCUT2D eigenvalue weighted by Crippen LogP contribution is 2.20. The zero-order valence-electron chi connectivity index (χ0n) is 39.9. The fraction of sp³-hybridized carbons (Fsp3) is 0.957. The van der Waals surface area contributed by atoms with Gasteiger partial charge in [0, 0.05) is 94.8 Å². The summed E-state index contributed by atoms with van der Waals surface area (Å²) in [7, 11) is 0. The fourth-order valence-corrected chi connectivity index (χ4v) is 8.16. The molecule has 0 atom stereocenters. The third-order valence-corrected chi connectivity index (χ3v) is 12.5. The van der Waals surface area contributed by atoms with Gasteiger partial charge in [-0.2, -0.15) is 0 Å². The van der Waals surface area contributed by atoms with Crippen LogP contribution in [0.3, 0.4) is 0 Å². The molecule has 6 heterocycles. The predicted molar refractivity (Wildman–Crippen MR) is 249 cm³/mol. The highest BCUT2D eigenvalue weighted by Gasteiger charge is 2.17. The predicted octanol–water partition coefficient (Wildman–Crippen LogP) is 7.21. The molecule has 0 aliphatic carbocycles. The molecule has 56 heavy (non-hydrogen) atoms. The van der Waals surface area contributed by atoms with Gasteiger partial charge in [0.25, 0.3) is 0 Å². The molecule has 0 saturated carbocycles. The molecule has 0 aromatic carbocycles. The van der Waals surface area contributed by atoms with Gasteiger partial charge in [-0.05, 0) is 185 Å². The molecule has 6 fully saturated rings. The first-order valence-electron chi connectivity index (χ1n) is 24.0. The van der Waals surface area contributed by atoms with E-state index < -0.39 is 0 Å². The maximum atomic E-state index is 3.93. The van der Waals surface area contributed by atoms with Crippen LogP contribution in [0.4, 0.5) is 0 Å². The highest BCUT2D eigenvalue weighted by atomic mass is 15.2. The summed E-state index contributed by atoms with van der Waals surface area (Å²) in [5.74, 6) is 1.89. The third kappa shape index (κ3) is 26.3. The van der Waals surface area contributed by atoms with E-state index in [1.165, 1.54) is 129 Å². The second-order valence-corrected chi connectivity index (χ2v) is 18.9. The van der Waals surface area contributed by atoms with Crippen LogP contribution in [0.1, 0.15) is 141 Å². The van der Waals surface area contributed by atoms with Gasteiger partial charge in [-0.1, -0.05) is 26.8 Å². The lowest BCUT2D eigenvalue weighted by atomic mass is 9.87. The van der Waals surface area contributed by atoms with Crippen molar-refractivity contribution in [3.63, 3.8) is 0 Å². The molecular weight excluding hydrogens is 691 g/mol. The lowest BCUT2D eigenvalue weighted by molar-refractivity contribution is 0.185. The van der Waals surface area contributed by atoms with E-state index in [4.69, 9.17) is 0 Å². The van der Waals surface area contributed by atoms with Gasteiger partial charge in [-0.15, -0.1) is 0 Å². The van der Waals surface area contributed by atoms with Gasteiger partial charge in [0.15, 0.2) is 0 Å². The molecule has 0 bridgehead atoms. The standard InChI is InChI=1S/C9H18N2.C8H18N2.2C8H17N.C7H16N2.C7H15N/c1-8(2)11-6-4-9(3)10-5-7-11;1-8(2)10-6-3-4-9-5-7-10;1-7(2)8-3-5-9-6-4-8;1-8(2)9-6-4-3-5-7-9;1-7(2)9-5-3-8-4-6-9;1-7(2)8-5-3-4-6-8/h8,10H,3-7H2,1-2H3;8-9H,3-7H2,1-2H3;7-9H,3-6H2,1-2H3;8H,3-7H2,1-2H3;7-8H,3-6H2,1-2H3;7H,3-6H2,1-2H3. The molecule has 0 unspecified atom stereocenters. The van der Waals surface area contributed by atoms with Crippen molar-refractivity contribution in [2.45, 2.75) is 171 Å². The average Bonchev–Trinajstić information content (AvgIpc) is 3.47. The van der Waals surface area contributed by atoms with Crippen molar-refractivity contribution in [3.8, 4) is 0 Å². The molecule has 6 rings (SSSR count). The zero-order valence-corrected chi connectivity index (χ0v) is 39.9. The van der Waals surface area contributed by atoms with Crippen LogP contribution in [-0.2, 0) is 0 Å². The van der Waals surface area contributed by atoms with Crippen molar-refractivity contribution in [1.29, 1.82) is 0 Å². The summed E-state index contributed by atoms with van der Waals surface area (Å²) in [5, 5.41) is 13.4. The molecule has 6 aliphatic heterocycles. The number of hydrogen-bond donors (Lipinski definition) is 4. The van der Waals surface area contributed by atoms with Crippen LogP contribution >= 0.6 is 0 Å². The summed E-state index contributed by atoms with van der Waals surface area (Å²) < 4.78 is 0. The van der Waals surface area contributed by atoms with Crippen molar-refractivity contribution in [2.75, 3.05) is 111 Å². The molecule has 0 radical (unpaired) electrons. The molecule has 0 spiro atoms. The van der Waals surface area contributed by atoms with Crippen molar-refractivity contribution >= 4 is 0 Å². The Kier molecular flexibility index (Phi) is 31.4. The van der Waals surface area contributed by atoms with Crippen molar-refractivity contribution in [2.24, 2.45) is 11.8 Å². The van der Waals surface area contributed by atoms with Crippen LogP contribution in [0, 0.1) is 11.8 Å². The van der Waals surface area contributed by atoms with Gasteiger partial charge in [0.05, 0.1) is 0 Å². The van der Waals surface area contributed by atoms with E-state index >= 15 is 0 Å². The van der Waals surface area contributed by atoms with Crippen LogP contribution in [-0.4, -0.2) is 166 Å². The number of piperazine rings is 1. The number of nitrogens with zero attached hydrogens (tertiary/aromatic N) is 5. The topological polar surface area (TPSA) is 64.3 Å². The van der Waals surface area contributed by atoms with Crippen LogP contribution in [0.5, 0.6) is 0 Å². The quantitative estimate of drug-likeness (QED) is 0.224. The summed E-state index contributed by atoms with van der Waals surface area (Å²) in [4.78, 5) is 12.6. The van der Waals surface area contributed by atoms with Crippen LogP contribution < -0.4 is 21.3 Å². The minimum absolute atomic E-state index is 0.669. The summed E-state index contributed by atoms with van der Waals surface area (Å²) in [5.41, 5.74) is 1.19. The molecule has 9 nitrogen and oxygen atoms in total. The number of rotatable bonds is 6. The molecule has 0 aromatic rings.